The quantitative estimate of drug-likeness (QED) is 0.630. The van der Waals surface area contributed by atoms with Gasteiger partial charge in [-0.2, -0.15) is 0 Å². The summed E-state index contributed by atoms with van der Waals surface area (Å²) in [5, 5.41) is 11.1. The summed E-state index contributed by atoms with van der Waals surface area (Å²) >= 11 is 13.5. The number of hydrogen-bond donors (Lipinski definition) is 2. The van der Waals surface area contributed by atoms with Crippen LogP contribution in [0.4, 0.5) is 10.2 Å². The number of aliphatic hydroxyl groups excluding tert-OH is 1. The van der Waals surface area contributed by atoms with Gasteiger partial charge in [-0.25, -0.2) is 15.0 Å². The highest BCUT2D eigenvalue weighted by Crippen LogP contribution is 2.39. The van der Waals surface area contributed by atoms with Crippen molar-refractivity contribution in [2.75, 3.05) is 24.7 Å². The summed E-state index contributed by atoms with van der Waals surface area (Å²) in [4.78, 5) is 16.0. The molecule has 3 heterocycles. The van der Waals surface area contributed by atoms with E-state index in [1.165, 1.54) is 11.8 Å². The maximum Gasteiger partial charge on any atom is 0.153 e. The molecule has 3 rings (SSSR count). The van der Waals surface area contributed by atoms with Crippen molar-refractivity contribution in [3.8, 4) is 0 Å². The van der Waals surface area contributed by atoms with Crippen LogP contribution < -0.4 is 10.6 Å². The van der Waals surface area contributed by atoms with Crippen molar-refractivity contribution in [2.24, 2.45) is 11.1 Å². The number of piperidine rings is 1. The van der Waals surface area contributed by atoms with E-state index in [4.69, 9.17) is 33.9 Å². The molecule has 1 saturated heterocycles. The fraction of sp³-hybridized carbons (Fsp3) is 0.526. The van der Waals surface area contributed by atoms with E-state index in [0.717, 1.165) is 0 Å². The second-order valence-corrected chi connectivity index (χ2v) is 9.10. The highest BCUT2D eigenvalue weighted by atomic mass is 35.5. The molecule has 0 spiro atoms. The van der Waals surface area contributed by atoms with Crippen molar-refractivity contribution >= 4 is 40.8 Å². The number of alkyl halides is 1. The SMILES string of the molecule is Cc1nc(N2CCC(CF)([C@H](C)N)CC2)c(CO)nc1Sc1ccnc(Cl)c1Cl. The minimum Gasteiger partial charge on any atom is -0.390 e. The lowest BCUT2D eigenvalue weighted by molar-refractivity contribution is 0.128. The van der Waals surface area contributed by atoms with Crippen molar-refractivity contribution in [3.05, 3.63) is 33.8 Å². The first-order valence-corrected chi connectivity index (χ1v) is 10.9. The third kappa shape index (κ3) is 4.61. The lowest BCUT2D eigenvalue weighted by Crippen LogP contribution is -2.50. The molecule has 0 aliphatic carbocycles. The van der Waals surface area contributed by atoms with Crippen LogP contribution in [0.1, 0.15) is 31.2 Å². The van der Waals surface area contributed by atoms with Gasteiger partial charge in [0.25, 0.3) is 0 Å². The number of aliphatic hydroxyl groups is 1. The number of aryl methyl sites for hydroxylation is 1. The number of nitrogens with two attached hydrogens (primary N) is 1. The average molecular weight is 460 g/mol. The molecule has 2 aromatic rings. The Morgan fingerprint density at radius 2 is 2.03 bits per heavy atom. The molecule has 1 atom stereocenters. The van der Waals surface area contributed by atoms with Gasteiger partial charge in [-0.3, -0.25) is 4.39 Å². The van der Waals surface area contributed by atoms with Crippen molar-refractivity contribution < 1.29 is 9.50 Å². The van der Waals surface area contributed by atoms with Crippen LogP contribution in [0.2, 0.25) is 10.2 Å². The first-order valence-electron chi connectivity index (χ1n) is 9.34. The minimum absolute atomic E-state index is 0.213. The van der Waals surface area contributed by atoms with E-state index in [0.29, 0.717) is 58.1 Å². The molecule has 2 aromatic heterocycles. The van der Waals surface area contributed by atoms with E-state index < -0.39 is 12.1 Å². The summed E-state index contributed by atoms with van der Waals surface area (Å²) in [6.07, 6.45) is 2.84. The van der Waals surface area contributed by atoms with Crippen LogP contribution in [-0.4, -0.2) is 45.9 Å². The van der Waals surface area contributed by atoms with E-state index in [1.54, 1.807) is 12.3 Å². The highest BCUT2D eigenvalue weighted by Gasteiger charge is 2.39. The fourth-order valence-electron chi connectivity index (χ4n) is 3.44. The number of aromatic nitrogens is 3. The summed E-state index contributed by atoms with van der Waals surface area (Å²) in [5.74, 6) is 0.630. The van der Waals surface area contributed by atoms with Crippen molar-refractivity contribution in [1.29, 1.82) is 0 Å². The van der Waals surface area contributed by atoms with Crippen LogP contribution in [-0.2, 0) is 6.61 Å². The molecule has 0 aromatic carbocycles. The summed E-state index contributed by atoms with van der Waals surface area (Å²) in [5.41, 5.74) is 6.73. The molecule has 0 radical (unpaired) electrons. The van der Waals surface area contributed by atoms with Gasteiger partial charge in [0.2, 0.25) is 0 Å². The molecule has 0 saturated carbocycles. The lowest BCUT2D eigenvalue weighted by atomic mass is 9.74. The van der Waals surface area contributed by atoms with E-state index in [9.17, 15) is 9.50 Å². The molecule has 29 heavy (non-hydrogen) atoms. The smallest absolute Gasteiger partial charge is 0.153 e. The molecule has 0 amide bonds. The third-order valence-electron chi connectivity index (χ3n) is 5.54. The number of nitrogens with zero attached hydrogens (tertiary/aromatic N) is 4. The largest absolute Gasteiger partial charge is 0.390 e. The van der Waals surface area contributed by atoms with Crippen molar-refractivity contribution in [2.45, 2.75) is 49.3 Å². The predicted octanol–water partition coefficient (Wildman–Crippen LogP) is 4.03. The molecule has 6 nitrogen and oxygen atoms in total. The molecule has 1 fully saturated rings. The zero-order valence-corrected chi connectivity index (χ0v) is 18.7. The van der Waals surface area contributed by atoms with Crippen LogP contribution in [0, 0.1) is 12.3 Å². The van der Waals surface area contributed by atoms with Crippen LogP contribution in [0.25, 0.3) is 0 Å². The zero-order chi connectivity index (χ0) is 21.2. The minimum atomic E-state index is -0.495. The standard InChI is InChI=1S/C19H24Cl2FN5OS/c1-11-18(29-14-3-6-24-16(21)15(14)20)26-13(9-28)17(25-11)27-7-4-19(10-22,5-8-27)12(2)23/h3,6,12,28H,4-5,7-10,23H2,1-2H3/t12-/m0/s1. The first kappa shape index (κ1) is 22.5. The third-order valence-corrected chi connectivity index (χ3v) is 7.55. The number of rotatable bonds is 6. The lowest BCUT2D eigenvalue weighted by Gasteiger charge is -2.43. The van der Waals surface area contributed by atoms with Gasteiger partial charge in [-0.1, -0.05) is 35.0 Å². The number of halogens is 3. The summed E-state index contributed by atoms with van der Waals surface area (Å²) in [6, 6.07) is 1.54. The van der Waals surface area contributed by atoms with Crippen LogP contribution in [0.15, 0.2) is 22.2 Å². The van der Waals surface area contributed by atoms with Crippen LogP contribution in [0.3, 0.4) is 0 Å². The second-order valence-electron chi connectivity index (χ2n) is 7.33. The van der Waals surface area contributed by atoms with Gasteiger partial charge in [0, 0.05) is 35.6 Å². The summed E-state index contributed by atoms with van der Waals surface area (Å²) < 4.78 is 13.7. The van der Waals surface area contributed by atoms with Gasteiger partial charge in [0.05, 0.1) is 24.0 Å². The molecule has 1 aliphatic heterocycles. The fourth-order valence-corrected chi connectivity index (χ4v) is 4.75. The van der Waals surface area contributed by atoms with E-state index in [-0.39, 0.29) is 17.8 Å². The van der Waals surface area contributed by atoms with Gasteiger partial charge >= 0.3 is 0 Å². The number of hydrogen-bond acceptors (Lipinski definition) is 7. The zero-order valence-electron chi connectivity index (χ0n) is 16.3. The summed E-state index contributed by atoms with van der Waals surface area (Å²) in [6.45, 7) is 4.27. The van der Waals surface area contributed by atoms with Crippen LogP contribution in [0.5, 0.6) is 0 Å². The molecule has 3 N–H and O–H groups in total. The van der Waals surface area contributed by atoms with Gasteiger partial charge in [0.15, 0.2) is 5.82 Å². The molecular weight excluding hydrogens is 436 g/mol. The Hall–Kier alpha value is -1.19. The maximum atomic E-state index is 13.7. The first-order chi connectivity index (χ1) is 13.8. The molecule has 158 valence electrons. The van der Waals surface area contributed by atoms with E-state index in [1.807, 2.05) is 18.7 Å². The molecule has 10 heteroatoms. The van der Waals surface area contributed by atoms with Gasteiger partial charge in [-0.15, -0.1) is 0 Å². The number of anilines is 1. The van der Waals surface area contributed by atoms with Gasteiger partial charge < -0.3 is 15.7 Å². The van der Waals surface area contributed by atoms with Crippen LogP contribution >= 0.6 is 35.0 Å². The second kappa shape index (κ2) is 9.31. The van der Waals surface area contributed by atoms with Crippen molar-refractivity contribution in [1.82, 2.24) is 15.0 Å². The molecule has 0 bridgehead atoms. The Labute approximate surface area is 184 Å². The predicted molar refractivity (Wildman–Crippen MR) is 115 cm³/mol. The Morgan fingerprint density at radius 1 is 1.34 bits per heavy atom. The normalized spacial score (nSPS) is 17.4. The highest BCUT2D eigenvalue weighted by molar-refractivity contribution is 7.99. The Bertz CT molecular complexity index is 878. The topological polar surface area (TPSA) is 88.2 Å². The Morgan fingerprint density at radius 3 is 2.62 bits per heavy atom. The Kier molecular flexibility index (Phi) is 7.22. The van der Waals surface area contributed by atoms with Crippen molar-refractivity contribution in [3.63, 3.8) is 0 Å². The molecule has 1 aliphatic rings. The summed E-state index contributed by atoms with van der Waals surface area (Å²) in [7, 11) is 0. The molecule has 0 unspecified atom stereocenters. The maximum absolute atomic E-state index is 13.7. The number of pyridine rings is 1. The Balaban J connectivity index is 1.85. The van der Waals surface area contributed by atoms with E-state index in [2.05, 4.69) is 9.97 Å². The monoisotopic (exact) mass is 459 g/mol. The van der Waals surface area contributed by atoms with Gasteiger partial charge in [-0.05, 0) is 32.8 Å². The average Bonchev–Trinajstić information content (AvgIpc) is 2.72. The van der Waals surface area contributed by atoms with E-state index >= 15 is 0 Å². The van der Waals surface area contributed by atoms with Gasteiger partial charge in [0.1, 0.15) is 15.9 Å². The molecular formula is C19H24Cl2FN5OS.